The summed E-state index contributed by atoms with van der Waals surface area (Å²) < 4.78 is 5.70. The SMILES string of the molecule is O=C([C@@H]1CC=CCC1)N1CCN(C[C@H]2CCCO2)CC1. The Balaban J connectivity index is 1.43. The highest BCUT2D eigenvalue weighted by atomic mass is 16.5. The molecule has 0 aromatic rings. The lowest BCUT2D eigenvalue weighted by Gasteiger charge is -2.37. The molecule has 4 nitrogen and oxygen atoms in total. The highest BCUT2D eigenvalue weighted by Gasteiger charge is 2.28. The van der Waals surface area contributed by atoms with E-state index in [1.807, 2.05) is 0 Å². The van der Waals surface area contributed by atoms with E-state index in [0.717, 1.165) is 58.6 Å². The van der Waals surface area contributed by atoms with Crippen molar-refractivity contribution in [3.8, 4) is 0 Å². The highest BCUT2D eigenvalue weighted by molar-refractivity contribution is 5.79. The van der Waals surface area contributed by atoms with Crippen LogP contribution in [0.25, 0.3) is 0 Å². The summed E-state index contributed by atoms with van der Waals surface area (Å²) in [5.74, 6) is 0.621. The van der Waals surface area contributed by atoms with Gasteiger partial charge in [0.2, 0.25) is 5.91 Å². The molecule has 4 heteroatoms. The number of allylic oxidation sites excluding steroid dienone is 2. The fourth-order valence-electron chi connectivity index (χ4n) is 3.50. The van der Waals surface area contributed by atoms with Crippen LogP contribution in [0.1, 0.15) is 32.1 Å². The lowest BCUT2D eigenvalue weighted by atomic mass is 9.93. The Morgan fingerprint density at radius 3 is 2.65 bits per heavy atom. The number of nitrogens with zero attached hydrogens (tertiary/aromatic N) is 2. The molecule has 0 unspecified atom stereocenters. The summed E-state index contributed by atoms with van der Waals surface area (Å²) in [5.41, 5.74) is 0. The van der Waals surface area contributed by atoms with Crippen molar-refractivity contribution < 1.29 is 9.53 Å². The molecule has 0 aromatic carbocycles. The number of hydrogen-bond acceptors (Lipinski definition) is 3. The van der Waals surface area contributed by atoms with E-state index in [1.54, 1.807) is 0 Å². The molecule has 112 valence electrons. The first-order valence-corrected chi connectivity index (χ1v) is 8.10. The Hall–Kier alpha value is -0.870. The first-order chi connectivity index (χ1) is 9.83. The van der Waals surface area contributed by atoms with E-state index < -0.39 is 0 Å². The van der Waals surface area contributed by atoms with Gasteiger partial charge in [0.05, 0.1) is 6.10 Å². The third-order valence-electron chi connectivity index (χ3n) is 4.79. The molecule has 1 amide bonds. The van der Waals surface area contributed by atoms with Gasteiger partial charge in [0.25, 0.3) is 0 Å². The van der Waals surface area contributed by atoms with Crippen LogP contribution >= 0.6 is 0 Å². The fraction of sp³-hybridized carbons (Fsp3) is 0.812. The topological polar surface area (TPSA) is 32.8 Å². The second-order valence-corrected chi connectivity index (χ2v) is 6.24. The van der Waals surface area contributed by atoms with Crippen molar-refractivity contribution in [2.24, 2.45) is 5.92 Å². The molecule has 0 aromatic heterocycles. The largest absolute Gasteiger partial charge is 0.377 e. The minimum Gasteiger partial charge on any atom is -0.377 e. The minimum absolute atomic E-state index is 0.240. The summed E-state index contributed by atoms with van der Waals surface area (Å²) in [4.78, 5) is 17.0. The van der Waals surface area contributed by atoms with E-state index in [1.165, 1.54) is 12.8 Å². The zero-order valence-corrected chi connectivity index (χ0v) is 12.3. The maximum Gasteiger partial charge on any atom is 0.226 e. The van der Waals surface area contributed by atoms with Crippen molar-refractivity contribution in [1.82, 2.24) is 9.80 Å². The number of ether oxygens (including phenoxy) is 1. The predicted octanol–water partition coefficient (Wildman–Crippen LogP) is 1.67. The molecular weight excluding hydrogens is 252 g/mol. The zero-order valence-electron chi connectivity index (χ0n) is 12.3. The quantitative estimate of drug-likeness (QED) is 0.736. The molecule has 2 fully saturated rings. The molecule has 1 aliphatic carbocycles. The van der Waals surface area contributed by atoms with Crippen LogP contribution in [0.15, 0.2) is 12.2 Å². The van der Waals surface area contributed by atoms with Gasteiger partial charge < -0.3 is 9.64 Å². The molecule has 2 saturated heterocycles. The Morgan fingerprint density at radius 2 is 2.00 bits per heavy atom. The number of carbonyl (C=O) groups excluding carboxylic acids is 1. The maximum atomic E-state index is 12.5. The van der Waals surface area contributed by atoms with Gasteiger partial charge in [0.15, 0.2) is 0 Å². The Labute approximate surface area is 121 Å². The number of hydrogen-bond donors (Lipinski definition) is 0. The molecule has 0 bridgehead atoms. The molecule has 2 heterocycles. The summed E-state index contributed by atoms with van der Waals surface area (Å²) in [6.07, 6.45) is 10.2. The number of amides is 1. The van der Waals surface area contributed by atoms with Crippen LogP contribution in [-0.4, -0.2) is 61.1 Å². The fourth-order valence-corrected chi connectivity index (χ4v) is 3.50. The first-order valence-electron chi connectivity index (χ1n) is 8.10. The second kappa shape index (κ2) is 6.72. The third-order valence-corrected chi connectivity index (χ3v) is 4.79. The molecule has 0 spiro atoms. The van der Waals surface area contributed by atoms with Gasteiger partial charge in [-0.1, -0.05) is 12.2 Å². The maximum absolute atomic E-state index is 12.5. The Bertz CT molecular complexity index is 355. The van der Waals surface area contributed by atoms with Crippen LogP contribution in [0.2, 0.25) is 0 Å². The average Bonchev–Trinajstić information content (AvgIpc) is 3.01. The summed E-state index contributed by atoms with van der Waals surface area (Å²) >= 11 is 0. The molecule has 0 saturated carbocycles. The van der Waals surface area contributed by atoms with Crippen molar-refractivity contribution in [1.29, 1.82) is 0 Å². The van der Waals surface area contributed by atoms with Crippen LogP contribution in [0.5, 0.6) is 0 Å². The molecule has 20 heavy (non-hydrogen) atoms. The van der Waals surface area contributed by atoms with Gasteiger partial charge in [-0.3, -0.25) is 9.69 Å². The van der Waals surface area contributed by atoms with Gasteiger partial charge in [-0.15, -0.1) is 0 Å². The first kappa shape index (κ1) is 14.1. The number of rotatable bonds is 3. The lowest BCUT2D eigenvalue weighted by Crippen LogP contribution is -2.51. The normalized spacial score (nSPS) is 31.7. The molecule has 0 N–H and O–H groups in total. The van der Waals surface area contributed by atoms with Crippen molar-refractivity contribution in [2.45, 2.75) is 38.2 Å². The summed E-state index contributed by atoms with van der Waals surface area (Å²) in [6, 6.07) is 0. The molecule has 2 aliphatic heterocycles. The summed E-state index contributed by atoms with van der Waals surface area (Å²) in [6.45, 7) is 5.78. The van der Waals surface area contributed by atoms with E-state index in [9.17, 15) is 4.79 Å². The van der Waals surface area contributed by atoms with Crippen LogP contribution in [-0.2, 0) is 9.53 Å². The summed E-state index contributed by atoms with van der Waals surface area (Å²) in [5, 5.41) is 0. The Morgan fingerprint density at radius 1 is 1.15 bits per heavy atom. The van der Waals surface area contributed by atoms with Crippen LogP contribution < -0.4 is 0 Å². The van der Waals surface area contributed by atoms with Crippen molar-refractivity contribution in [3.05, 3.63) is 12.2 Å². The van der Waals surface area contributed by atoms with Gasteiger partial charge in [-0.2, -0.15) is 0 Å². The van der Waals surface area contributed by atoms with Crippen molar-refractivity contribution >= 4 is 5.91 Å². The lowest BCUT2D eigenvalue weighted by molar-refractivity contribution is -0.137. The molecule has 3 aliphatic rings. The van der Waals surface area contributed by atoms with Crippen molar-refractivity contribution in [2.75, 3.05) is 39.3 Å². The third kappa shape index (κ3) is 3.41. The zero-order chi connectivity index (χ0) is 13.8. The Kier molecular flexibility index (Phi) is 4.73. The van der Waals surface area contributed by atoms with Crippen LogP contribution in [0.3, 0.4) is 0 Å². The van der Waals surface area contributed by atoms with Crippen molar-refractivity contribution in [3.63, 3.8) is 0 Å². The van der Waals surface area contributed by atoms with E-state index in [2.05, 4.69) is 22.0 Å². The van der Waals surface area contributed by atoms with Gasteiger partial charge in [-0.05, 0) is 32.1 Å². The standard InChI is InChI=1S/C16H26N2O2/c19-16(14-5-2-1-3-6-14)18-10-8-17(9-11-18)13-15-7-4-12-20-15/h1-2,14-15H,3-13H2/t14-,15-/m1/s1. The summed E-state index contributed by atoms with van der Waals surface area (Å²) in [7, 11) is 0. The molecular formula is C16H26N2O2. The van der Waals surface area contributed by atoms with Crippen LogP contribution in [0.4, 0.5) is 0 Å². The molecule has 3 rings (SSSR count). The predicted molar refractivity (Wildman–Crippen MR) is 78.5 cm³/mol. The van der Waals surface area contributed by atoms with E-state index in [4.69, 9.17) is 4.74 Å². The second-order valence-electron chi connectivity index (χ2n) is 6.24. The van der Waals surface area contributed by atoms with E-state index >= 15 is 0 Å². The van der Waals surface area contributed by atoms with E-state index in [0.29, 0.717) is 12.0 Å². The average molecular weight is 278 g/mol. The van der Waals surface area contributed by atoms with Crippen LogP contribution in [0, 0.1) is 5.92 Å². The smallest absolute Gasteiger partial charge is 0.226 e. The van der Waals surface area contributed by atoms with Gasteiger partial charge in [0, 0.05) is 45.2 Å². The molecule has 2 atom stereocenters. The van der Waals surface area contributed by atoms with E-state index in [-0.39, 0.29) is 5.92 Å². The number of piperazine rings is 1. The highest BCUT2D eigenvalue weighted by Crippen LogP contribution is 2.21. The molecule has 0 radical (unpaired) electrons. The van der Waals surface area contributed by atoms with Gasteiger partial charge >= 0.3 is 0 Å². The monoisotopic (exact) mass is 278 g/mol. The minimum atomic E-state index is 0.240. The number of carbonyl (C=O) groups is 1. The van der Waals surface area contributed by atoms with Gasteiger partial charge in [-0.25, -0.2) is 0 Å². The van der Waals surface area contributed by atoms with Gasteiger partial charge in [0.1, 0.15) is 0 Å².